The molecule has 0 aromatic heterocycles. The molecule has 0 fully saturated rings. The summed E-state index contributed by atoms with van der Waals surface area (Å²) in [6.07, 6.45) is 0. The molecule has 0 N–H and O–H groups in total. The van der Waals surface area contributed by atoms with Crippen LogP contribution < -0.4 is 7.22 Å². The van der Waals surface area contributed by atoms with Crippen molar-refractivity contribution >= 4 is 28.1 Å². The maximum atomic E-state index is 2.22. The molecule has 0 aliphatic rings. The van der Waals surface area contributed by atoms with E-state index in [-0.39, 0.29) is 20.9 Å². The van der Waals surface area contributed by atoms with Crippen LogP contribution in [0.25, 0.3) is 0 Å². The molecule has 0 unspecified atom stereocenters. The molecule has 0 saturated heterocycles. The van der Waals surface area contributed by atoms with E-state index in [1.165, 1.54) is 7.22 Å². The van der Waals surface area contributed by atoms with Gasteiger partial charge in [-0.3, -0.25) is 0 Å². The zero-order valence-electron chi connectivity index (χ0n) is 7.18. The summed E-state index contributed by atoms with van der Waals surface area (Å²) in [6.45, 7) is 0. The van der Waals surface area contributed by atoms with Gasteiger partial charge in [0.05, 0.1) is 0 Å². The van der Waals surface area contributed by atoms with Crippen molar-refractivity contribution in [3.05, 3.63) is 60.7 Å². The molecule has 0 bridgehead atoms. The number of rotatable bonds is 2. The van der Waals surface area contributed by atoms with E-state index in [1.54, 1.807) is 0 Å². The predicted molar refractivity (Wildman–Crippen MR) is 57.9 cm³/mol. The number of hydrogen-bond acceptors (Lipinski definition) is 0. The predicted octanol–water partition coefficient (Wildman–Crippen LogP) is 1.34. The average Bonchev–Trinajstić information content (AvgIpc) is 2.21. The van der Waals surface area contributed by atoms with Gasteiger partial charge in [0.25, 0.3) is 0 Å². The van der Waals surface area contributed by atoms with Gasteiger partial charge in [-0.25, -0.2) is 0 Å². The quantitative estimate of drug-likeness (QED) is 0.729. The summed E-state index contributed by atoms with van der Waals surface area (Å²) in [5, 5.41) is 0. The Labute approximate surface area is 88.7 Å². The molecule has 0 spiro atoms. The van der Waals surface area contributed by atoms with Crippen molar-refractivity contribution in [2.45, 2.75) is 0 Å². The normalized spacial score (nSPS) is 9.85. The van der Waals surface area contributed by atoms with Gasteiger partial charge in [0, 0.05) is 0 Å². The zero-order chi connectivity index (χ0) is 8.93. The molecule has 0 aliphatic carbocycles. The zero-order valence-corrected chi connectivity index (χ0v) is 9.51. The summed E-state index contributed by atoms with van der Waals surface area (Å²) in [6, 6.07) is 21.5. The third kappa shape index (κ3) is 2.59. The van der Waals surface area contributed by atoms with E-state index in [4.69, 9.17) is 0 Å². The van der Waals surface area contributed by atoms with Gasteiger partial charge in [-0.1, -0.05) is 0 Å². The Morgan fingerprint density at radius 1 is 0.538 bits per heavy atom. The Balaban J connectivity index is 2.16. The monoisotopic (exact) mass is 284 g/mol. The summed E-state index contributed by atoms with van der Waals surface area (Å²) < 4.78 is 3.00. The van der Waals surface area contributed by atoms with Crippen LogP contribution in [0.2, 0.25) is 0 Å². The summed E-state index contributed by atoms with van der Waals surface area (Å²) in [4.78, 5) is 0. The fourth-order valence-corrected chi connectivity index (χ4v) is 3.56. The van der Waals surface area contributed by atoms with Crippen molar-refractivity contribution in [1.29, 1.82) is 0 Å². The minimum absolute atomic E-state index is 0.153. The Hall–Kier alpha value is -0.770. The minimum atomic E-state index is -0.153. The fraction of sp³-hybridized carbons (Fsp3) is 0. The van der Waals surface area contributed by atoms with Crippen molar-refractivity contribution in [3.63, 3.8) is 0 Å². The average molecular weight is 282 g/mol. The van der Waals surface area contributed by atoms with Crippen LogP contribution in [0.4, 0.5) is 0 Å². The Morgan fingerprint density at radius 2 is 0.923 bits per heavy atom. The molecular formula is C12H10Te. The van der Waals surface area contributed by atoms with Crippen molar-refractivity contribution in [1.82, 2.24) is 0 Å². The molecule has 0 aliphatic heterocycles. The van der Waals surface area contributed by atoms with Gasteiger partial charge in [-0.2, -0.15) is 0 Å². The van der Waals surface area contributed by atoms with Gasteiger partial charge in [0.15, 0.2) is 0 Å². The van der Waals surface area contributed by atoms with Gasteiger partial charge >= 0.3 is 88.8 Å². The summed E-state index contributed by atoms with van der Waals surface area (Å²) >= 11 is -0.153. The van der Waals surface area contributed by atoms with Gasteiger partial charge < -0.3 is 0 Å². The van der Waals surface area contributed by atoms with E-state index < -0.39 is 0 Å². The van der Waals surface area contributed by atoms with E-state index in [0.29, 0.717) is 0 Å². The van der Waals surface area contributed by atoms with Crippen LogP contribution in [0.1, 0.15) is 0 Å². The molecule has 1 heteroatoms. The fourth-order valence-electron chi connectivity index (χ4n) is 1.11. The van der Waals surface area contributed by atoms with Gasteiger partial charge in [-0.05, 0) is 0 Å². The first kappa shape index (κ1) is 8.81. The summed E-state index contributed by atoms with van der Waals surface area (Å²) in [5.74, 6) is 0. The summed E-state index contributed by atoms with van der Waals surface area (Å²) in [7, 11) is 0. The molecule has 64 valence electrons. The first-order valence-corrected chi connectivity index (χ1v) is 6.56. The molecule has 13 heavy (non-hydrogen) atoms. The first-order valence-electron chi connectivity index (χ1n) is 4.23. The molecule has 0 nitrogen and oxygen atoms in total. The van der Waals surface area contributed by atoms with Gasteiger partial charge in [0.1, 0.15) is 0 Å². The standard InChI is InChI=1S/C12H10Te/c1-3-7-11(8-4-1)13-12-9-5-2-6-10-12/h1-10H. The van der Waals surface area contributed by atoms with E-state index in [9.17, 15) is 0 Å². The summed E-state index contributed by atoms with van der Waals surface area (Å²) in [5.41, 5.74) is 0. The second kappa shape index (κ2) is 4.46. The van der Waals surface area contributed by atoms with Crippen LogP contribution in [0.5, 0.6) is 0 Å². The third-order valence-corrected chi connectivity index (χ3v) is 4.62. The molecule has 0 radical (unpaired) electrons. The van der Waals surface area contributed by atoms with Crippen molar-refractivity contribution in [2.24, 2.45) is 0 Å². The van der Waals surface area contributed by atoms with E-state index in [0.717, 1.165) is 0 Å². The van der Waals surface area contributed by atoms with Crippen LogP contribution in [0.15, 0.2) is 60.7 Å². The van der Waals surface area contributed by atoms with Crippen molar-refractivity contribution in [2.75, 3.05) is 0 Å². The molecule has 2 aromatic rings. The molecular weight excluding hydrogens is 272 g/mol. The maximum absolute atomic E-state index is 2.22. The van der Waals surface area contributed by atoms with Crippen LogP contribution in [0.3, 0.4) is 0 Å². The SMILES string of the molecule is c1ccc([Te]c2ccccc2)cc1. The first-order chi connectivity index (χ1) is 6.45. The van der Waals surface area contributed by atoms with Crippen LogP contribution in [-0.4, -0.2) is 20.9 Å². The molecule has 0 heterocycles. The number of benzene rings is 2. The topological polar surface area (TPSA) is 0 Å². The Kier molecular flexibility index (Phi) is 3.02. The molecule has 2 aromatic carbocycles. The van der Waals surface area contributed by atoms with Crippen molar-refractivity contribution < 1.29 is 0 Å². The van der Waals surface area contributed by atoms with Crippen LogP contribution in [0, 0.1) is 0 Å². The number of hydrogen-bond donors (Lipinski definition) is 0. The van der Waals surface area contributed by atoms with E-state index in [1.807, 2.05) is 0 Å². The molecule has 0 amide bonds. The van der Waals surface area contributed by atoms with Crippen LogP contribution in [-0.2, 0) is 0 Å². The van der Waals surface area contributed by atoms with Crippen molar-refractivity contribution in [3.8, 4) is 0 Å². The molecule has 0 saturated carbocycles. The Morgan fingerprint density at radius 3 is 1.31 bits per heavy atom. The molecule has 2 rings (SSSR count). The van der Waals surface area contributed by atoms with E-state index in [2.05, 4.69) is 60.7 Å². The van der Waals surface area contributed by atoms with Gasteiger partial charge in [0.2, 0.25) is 0 Å². The van der Waals surface area contributed by atoms with Crippen LogP contribution >= 0.6 is 0 Å². The second-order valence-corrected chi connectivity index (χ2v) is 6.00. The van der Waals surface area contributed by atoms with Gasteiger partial charge in [-0.15, -0.1) is 0 Å². The second-order valence-electron chi connectivity index (χ2n) is 2.73. The Bertz CT molecular complexity index is 316. The molecule has 0 atom stereocenters. The van der Waals surface area contributed by atoms with E-state index >= 15 is 0 Å². The third-order valence-electron chi connectivity index (χ3n) is 1.72.